The number of hydrogen-bond acceptors (Lipinski definition) is 4. The summed E-state index contributed by atoms with van der Waals surface area (Å²) in [6.07, 6.45) is 10.4. The zero-order valence-corrected chi connectivity index (χ0v) is 15.7. The van der Waals surface area contributed by atoms with Gasteiger partial charge in [0.15, 0.2) is 11.9 Å². The third-order valence-corrected chi connectivity index (χ3v) is 4.15. The molecule has 0 atom stereocenters. The summed E-state index contributed by atoms with van der Waals surface area (Å²) in [7, 11) is -4.42. The summed E-state index contributed by atoms with van der Waals surface area (Å²) in [5.41, 5.74) is 2.81. The van der Waals surface area contributed by atoms with Crippen molar-refractivity contribution in [3.05, 3.63) is 29.6 Å². The largest absolute Gasteiger partial charge is 0.726 e. The first-order valence-corrected chi connectivity index (χ1v) is 9.71. The molecule has 0 aliphatic rings. The number of nitrogens with zero attached hydrogens (tertiary/aromatic N) is 1. The highest BCUT2D eigenvalue weighted by Crippen LogP contribution is 2.05. The van der Waals surface area contributed by atoms with Crippen molar-refractivity contribution in [3.63, 3.8) is 0 Å². The van der Waals surface area contributed by atoms with E-state index in [-0.39, 0.29) is 6.61 Å². The Bertz CT molecular complexity index is 529. The van der Waals surface area contributed by atoms with Crippen molar-refractivity contribution in [3.8, 4) is 0 Å². The van der Waals surface area contributed by atoms with Gasteiger partial charge in [-0.1, -0.05) is 32.6 Å². The molecule has 0 saturated carbocycles. The van der Waals surface area contributed by atoms with Crippen molar-refractivity contribution in [2.45, 2.75) is 72.8 Å². The van der Waals surface area contributed by atoms with Gasteiger partial charge in [0.25, 0.3) is 0 Å². The molecule has 0 aliphatic carbocycles. The van der Waals surface area contributed by atoms with E-state index >= 15 is 0 Å². The quantitative estimate of drug-likeness (QED) is 0.297. The minimum Gasteiger partial charge on any atom is -0.726 e. The van der Waals surface area contributed by atoms with Crippen LogP contribution in [0.4, 0.5) is 0 Å². The molecule has 0 spiro atoms. The Kier molecular flexibility index (Phi) is 11.9. The molecule has 1 aromatic rings. The van der Waals surface area contributed by atoms with Crippen molar-refractivity contribution >= 4 is 10.4 Å². The SMILES string of the molecule is CCCCCCCC[n+]1cccc(C)c1C.CCOS(=O)(=O)[O-]. The molecule has 6 heteroatoms. The molecule has 0 aromatic carbocycles. The first kappa shape index (κ1) is 22.0. The third kappa shape index (κ3) is 12.1. The van der Waals surface area contributed by atoms with Gasteiger partial charge in [0.05, 0.1) is 6.61 Å². The van der Waals surface area contributed by atoms with Gasteiger partial charge in [-0.05, 0) is 26.3 Å². The van der Waals surface area contributed by atoms with Crippen LogP contribution in [0.5, 0.6) is 0 Å². The number of aromatic nitrogens is 1. The molecular weight excluding hydrogens is 314 g/mol. The molecular formula is C17H31NO4S. The maximum absolute atomic E-state index is 9.45. The second kappa shape index (κ2) is 12.4. The monoisotopic (exact) mass is 345 g/mol. The van der Waals surface area contributed by atoms with E-state index in [1.165, 1.54) is 63.3 Å². The Balaban J connectivity index is 0.000000585. The van der Waals surface area contributed by atoms with Gasteiger partial charge in [-0.15, -0.1) is 0 Å². The van der Waals surface area contributed by atoms with Gasteiger partial charge < -0.3 is 4.55 Å². The molecule has 5 nitrogen and oxygen atoms in total. The van der Waals surface area contributed by atoms with Crippen LogP contribution >= 0.6 is 0 Å². The van der Waals surface area contributed by atoms with Crippen LogP contribution in [0, 0.1) is 13.8 Å². The fourth-order valence-corrected chi connectivity index (χ4v) is 2.49. The Morgan fingerprint density at radius 2 is 1.70 bits per heavy atom. The van der Waals surface area contributed by atoms with Crippen LogP contribution in [-0.2, 0) is 21.1 Å². The molecule has 1 heterocycles. The average Bonchev–Trinajstić information content (AvgIpc) is 2.46. The number of pyridine rings is 1. The predicted molar refractivity (Wildman–Crippen MR) is 90.8 cm³/mol. The first-order chi connectivity index (χ1) is 10.8. The lowest BCUT2D eigenvalue weighted by Gasteiger charge is -2.03. The first-order valence-electron chi connectivity index (χ1n) is 8.37. The lowest BCUT2D eigenvalue weighted by Crippen LogP contribution is -2.37. The van der Waals surface area contributed by atoms with Crippen LogP contribution in [0.2, 0.25) is 0 Å². The molecule has 0 N–H and O–H groups in total. The van der Waals surface area contributed by atoms with E-state index in [2.05, 4.69) is 47.9 Å². The molecule has 1 aromatic heterocycles. The highest BCUT2D eigenvalue weighted by molar-refractivity contribution is 7.80. The number of hydrogen-bond donors (Lipinski definition) is 0. The molecule has 0 radical (unpaired) electrons. The average molecular weight is 346 g/mol. The molecule has 0 aliphatic heterocycles. The summed E-state index contributed by atoms with van der Waals surface area (Å²) >= 11 is 0. The van der Waals surface area contributed by atoms with Gasteiger partial charge in [0.2, 0.25) is 10.4 Å². The molecule has 1 rings (SSSR count). The lowest BCUT2D eigenvalue weighted by atomic mass is 10.1. The standard InChI is InChI=1S/C15H26N.C2H6O4S/c1-4-5-6-7-8-9-12-16-13-10-11-14(2)15(16)3;1-2-6-7(3,4)5/h10-11,13H,4-9,12H2,1-3H3;2H2,1H3,(H,3,4,5)/q+1;/p-1. The molecule has 0 unspecified atom stereocenters. The molecule has 134 valence electrons. The lowest BCUT2D eigenvalue weighted by molar-refractivity contribution is -0.703. The predicted octanol–water partition coefficient (Wildman–Crippen LogP) is 3.43. The topological polar surface area (TPSA) is 70.3 Å². The summed E-state index contributed by atoms with van der Waals surface area (Å²) in [6, 6.07) is 4.34. The number of unbranched alkanes of at least 4 members (excludes halogenated alkanes) is 5. The molecule has 0 fully saturated rings. The second-order valence-electron chi connectivity index (χ2n) is 5.55. The summed E-state index contributed by atoms with van der Waals surface area (Å²) in [5, 5.41) is 0. The number of aryl methyl sites for hydroxylation is 2. The van der Waals surface area contributed by atoms with Gasteiger partial charge in [-0.25, -0.2) is 13.0 Å². The van der Waals surface area contributed by atoms with E-state index in [0.29, 0.717) is 0 Å². The fraction of sp³-hybridized carbons (Fsp3) is 0.706. The summed E-state index contributed by atoms with van der Waals surface area (Å²) in [6.45, 7) is 9.19. The minimum atomic E-state index is -4.42. The Morgan fingerprint density at radius 1 is 1.09 bits per heavy atom. The van der Waals surface area contributed by atoms with Gasteiger partial charge in [-0.3, -0.25) is 4.18 Å². The van der Waals surface area contributed by atoms with Crippen molar-refractivity contribution < 1.29 is 21.7 Å². The van der Waals surface area contributed by atoms with E-state index in [9.17, 15) is 13.0 Å². The molecule has 0 bridgehead atoms. The molecule has 23 heavy (non-hydrogen) atoms. The van der Waals surface area contributed by atoms with Crippen molar-refractivity contribution in [2.75, 3.05) is 6.61 Å². The van der Waals surface area contributed by atoms with Gasteiger partial charge >= 0.3 is 0 Å². The van der Waals surface area contributed by atoms with E-state index in [0.717, 1.165) is 0 Å². The Hall–Kier alpha value is -0.980. The third-order valence-electron chi connectivity index (χ3n) is 3.63. The van der Waals surface area contributed by atoms with E-state index in [4.69, 9.17) is 0 Å². The maximum atomic E-state index is 9.45. The van der Waals surface area contributed by atoms with E-state index in [1.807, 2.05) is 0 Å². The van der Waals surface area contributed by atoms with Crippen LogP contribution in [0.3, 0.4) is 0 Å². The zero-order chi connectivity index (χ0) is 17.7. The zero-order valence-electron chi connectivity index (χ0n) is 14.9. The van der Waals surface area contributed by atoms with Crippen LogP contribution in [0.15, 0.2) is 18.3 Å². The van der Waals surface area contributed by atoms with Gasteiger partial charge in [-0.2, -0.15) is 0 Å². The highest BCUT2D eigenvalue weighted by Gasteiger charge is 2.06. The van der Waals surface area contributed by atoms with Crippen LogP contribution in [0.25, 0.3) is 0 Å². The normalized spacial score (nSPS) is 11.0. The highest BCUT2D eigenvalue weighted by atomic mass is 32.3. The maximum Gasteiger partial charge on any atom is 0.217 e. The van der Waals surface area contributed by atoms with Gasteiger partial charge in [0.1, 0.15) is 6.54 Å². The second-order valence-corrected chi connectivity index (χ2v) is 6.60. The fourth-order valence-electron chi connectivity index (χ4n) is 2.20. The summed E-state index contributed by atoms with van der Waals surface area (Å²) < 4.78 is 34.4. The summed E-state index contributed by atoms with van der Waals surface area (Å²) in [5.74, 6) is 0. The molecule has 0 saturated heterocycles. The smallest absolute Gasteiger partial charge is 0.217 e. The van der Waals surface area contributed by atoms with Crippen LogP contribution < -0.4 is 4.57 Å². The Morgan fingerprint density at radius 3 is 2.22 bits per heavy atom. The Labute approximate surface area is 141 Å². The van der Waals surface area contributed by atoms with Gasteiger partial charge in [0, 0.05) is 25.0 Å². The summed E-state index contributed by atoms with van der Waals surface area (Å²) in [4.78, 5) is 0. The van der Waals surface area contributed by atoms with Crippen molar-refractivity contribution in [2.24, 2.45) is 0 Å². The molecule has 0 amide bonds. The minimum absolute atomic E-state index is 0.0914. The number of rotatable bonds is 9. The van der Waals surface area contributed by atoms with Crippen molar-refractivity contribution in [1.82, 2.24) is 0 Å². The van der Waals surface area contributed by atoms with E-state index < -0.39 is 10.4 Å². The van der Waals surface area contributed by atoms with Crippen LogP contribution in [0.1, 0.15) is 63.6 Å². The van der Waals surface area contributed by atoms with Crippen LogP contribution in [-0.4, -0.2) is 19.6 Å². The van der Waals surface area contributed by atoms with Crippen molar-refractivity contribution in [1.29, 1.82) is 0 Å². The van der Waals surface area contributed by atoms with E-state index in [1.54, 1.807) is 0 Å².